The Morgan fingerprint density at radius 3 is 3.00 bits per heavy atom. The molecule has 3 unspecified atom stereocenters. The average Bonchev–Trinajstić information content (AvgIpc) is 2.69. The van der Waals surface area contributed by atoms with Crippen molar-refractivity contribution < 1.29 is 0 Å². The number of hydrogen-bond acceptors (Lipinski definition) is 2. The van der Waals surface area contributed by atoms with Crippen LogP contribution in [0.1, 0.15) is 38.7 Å². The maximum absolute atomic E-state index is 3.95. The summed E-state index contributed by atoms with van der Waals surface area (Å²) in [6, 6.07) is 0.691. The Morgan fingerprint density at radius 2 is 2.33 bits per heavy atom. The van der Waals surface area contributed by atoms with Crippen LogP contribution in [0.4, 0.5) is 0 Å². The summed E-state index contributed by atoms with van der Waals surface area (Å²) in [7, 11) is 0. The highest BCUT2D eigenvalue weighted by molar-refractivity contribution is 5.02. The summed E-state index contributed by atoms with van der Waals surface area (Å²) in [6.45, 7) is 5.67. The second kappa shape index (κ2) is 4.79. The third-order valence-electron chi connectivity index (χ3n) is 3.55. The molecule has 2 N–H and O–H groups in total. The molecule has 84 valence electrons. The van der Waals surface area contributed by atoms with Crippen molar-refractivity contribution in [1.29, 1.82) is 0 Å². The van der Waals surface area contributed by atoms with E-state index >= 15 is 0 Å². The molecule has 3 heteroatoms. The minimum Gasteiger partial charge on any atom is -0.310 e. The van der Waals surface area contributed by atoms with Crippen LogP contribution < -0.4 is 5.32 Å². The molecule has 0 spiro atoms. The molecule has 1 aliphatic carbocycles. The third-order valence-corrected chi connectivity index (χ3v) is 3.55. The molecule has 3 nitrogen and oxygen atoms in total. The number of nitrogens with one attached hydrogen (secondary N) is 2. The van der Waals surface area contributed by atoms with Crippen LogP contribution in [0.3, 0.4) is 0 Å². The summed E-state index contributed by atoms with van der Waals surface area (Å²) >= 11 is 0. The van der Waals surface area contributed by atoms with Gasteiger partial charge < -0.3 is 5.32 Å². The SMILES string of the molecule is CC1CCC(NCc2cn[nH]c2)C(C)C1. The van der Waals surface area contributed by atoms with Gasteiger partial charge in [0.2, 0.25) is 0 Å². The van der Waals surface area contributed by atoms with E-state index in [1.54, 1.807) is 0 Å². The Labute approximate surface area is 91.7 Å². The van der Waals surface area contributed by atoms with Crippen molar-refractivity contribution in [3.63, 3.8) is 0 Å². The quantitative estimate of drug-likeness (QED) is 0.798. The molecule has 0 saturated heterocycles. The molecule has 1 fully saturated rings. The zero-order chi connectivity index (χ0) is 10.7. The molecule has 0 bridgehead atoms. The van der Waals surface area contributed by atoms with Gasteiger partial charge in [0.15, 0.2) is 0 Å². The molecule has 1 aromatic rings. The lowest BCUT2D eigenvalue weighted by molar-refractivity contribution is 0.227. The second-order valence-corrected chi connectivity index (χ2v) is 4.99. The first-order valence-corrected chi connectivity index (χ1v) is 5.96. The molecule has 1 aromatic heterocycles. The van der Waals surface area contributed by atoms with Gasteiger partial charge in [-0.3, -0.25) is 5.10 Å². The highest BCUT2D eigenvalue weighted by Crippen LogP contribution is 2.28. The summed E-state index contributed by atoms with van der Waals surface area (Å²) < 4.78 is 0. The predicted octanol–water partition coefficient (Wildman–Crippen LogP) is 2.32. The van der Waals surface area contributed by atoms with E-state index in [-0.39, 0.29) is 0 Å². The van der Waals surface area contributed by atoms with Crippen LogP contribution in [0.5, 0.6) is 0 Å². The van der Waals surface area contributed by atoms with E-state index in [4.69, 9.17) is 0 Å². The normalized spacial score (nSPS) is 31.7. The Hall–Kier alpha value is -0.830. The van der Waals surface area contributed by atoms with Gasteiger partial charge in [-0.15, -0.1) is 0 Å². The van der Waals surface area contributed by atoms with E-state index in [1.165, 1.54) is 24.8 Å². The lowest BCUT2D eigenvalue weighted by Crippen LogP contribution is -2.38. The summed E-state index contributed by atoms with van der Waals surface area (Å²) in [5, 5.41) is 10.4. The Kier molecular flexibility index (Phi) is 3.41. The standard InChI is InChI=1S/C12H21N3/c1-9-3-4-12(10(2)5-9)13-6-11-7-14-15-8-11/h7-10,12-13H,3-6H2,1-2H3,(H,14,15). The smallest absolute Gasteiger partial charge is 0.0532 e. The first-order valence-electron chi connectivity index (χ1n) is 5.96. The van der Waals surface area contributed by atoms with Crippen molar-refractivity contribution in [2.75, 3.05) is 0 Å². The van der Waals surface area contributed by atoms with Crippen molar-refractivity contribution in [1.82, 2.24) is 15.5 Å². The molecule has 1 aliphatic rings. The van der Waals surface area contributed by atoms with E-state index in [2.05, 4.69) is 29.4 Å². The molecule has 15 heavy (non-hydrogen) atoms. The van der Waals surface area contributed by atoms with Crippen LogP contribution in [-0.2, 0) is 6.54 Å². The van der Waals surface area contributed by atoms with Crippen LogP contribution >= 0.6 is 0 Å². The molecule has 3 atom stereocenters. The van der Waals surface area contributed by atoms with Crippen molar-refractivity contribution in [3.8, 4) is 0 Å². The van der Waals surface area contributed by atoms with Crippen molar-refractivity contribution in [2.45, 2.75) is 45.7 Å². The zero-order valence-electron chi connectivity index (χ0n) is 9.66. The monoisotopic (exact) mass is 207 g/mol. The largest absolute Gasteiger partial charge is 0.310 e. The minimum absolute atomic E-state index is 0.691. The van der Waals surface area contributed by atoms with Crippen molar-refractivity contribution in [2.24, 2.45) is 11.8 Å². The number of H-pyrrole nitrogens is 1. The van der Waals surface area contributed by atoms with Gasteiger partial charge in [0.1, 0.15) is 0 Å². The van der Waals surface area contributed by atoms with E-state index in [1.807, 2.05) is 12.4 Å². The number of rotatable bonds is 3. The zero-order valence-corrected chi connectivity index (χ0v) is 9.66. The van der Waals surface area contributed by atoms with E-state index < -0.39 is 0 Å². The van der Waals surface area contributed by atoms with Gasteiger partial charge in [0, 0.05) is 24.3 Å². The van der Waals surface area contributed by atoms with Crippen LogP contribution in [0, 0.1) is 11.8 Å². The molecule has 0 aliphatic heterocycles. The first kappa shape index (κ1) is 10.7. The van der Waals surface area contributed by atoms with E-state index in [9.17, 15) is 0 Å². The van der Waals surface area contributed by atoms with Gasteiger partial charge in [-0.05, 0) is 31.1 Å². The molecule has 1 saturated carbocycles. The number of hydrogen-bond donors (Lipinski definition) is 2. The van der Waals surface area contributed by atoms with Crippen LogP contribution in [0.2, 0.25) is 0 Å². The fourth-order valence-corrected chi connectivity index (χ4v) is 2.59. The van der Waals surface area contributed by atoms with Gasteiger partial charge in [0.25, 0.3) is 0 Å². The van der Waals surface area contributed by atoms with E-state index in [0.29, 0.717) is 6.04 Å². The van der Waals surface area contributed by atoms with Gasteiger partial charge in [0.05, 0.1) is 6.20 Å². The Balaban J connectivity index is 1.79. The number of nitrogens with zero attached hydrogens (tertiary/aromatic N) is 1. The van der Waals surface area contributed by atoms with Crippen LogP contribution in [0.15, 0.2) is 12.4 Å². The Morgan fingerprint density at radius 1 is 1.47 bits per heavy atom. The Bertz CT molecular complexity index is 281. The van der Waals surface area contributed by atoms with Crippen molar-refractivity contribution in [3.05, 3.63) is 18.0 Å². The first-order chi connectivity index (χ1) is 7.25. The lowest BCUT2D eigenvalue weighted by Gasteiger charge is -2.33. The molecule has 1 heterocycles. The fraction of sp³-hybridized carbons (Fsp3) is 0.750. The molecular weight excluding hydrogens is 186 g/mol. The summed E-state index contributed by atoms with van der Waals surface area (Å²) in [5.74, 6) is 1.72. The highest BCUT2D eigenvalue weighted by Gasteiger charge is 2.24. The maximum atomic E-state index is 3.95. The maximum Gasteiger partial charge on any atom is 0.0532 e. The molecular formula is C12H21N3. The summed E-state index contributed by atoms with van der Waals surface area (Å²) in [6.07, 6.45) is 7.91. The second-order valence-electron chi connectivity index (χ2n) is 4.99. The van der Waals surface area contributed by atoms with Crippen LogP contribution in [-0.4, -0.2) is 16.2 Å². The van der Waals surface area contributed by atoms with Crippen LogP contribution in [0.25, 0.3) is 0 Å². The van der Waals surface area contributed by atoms with Gasteiger partial charge in [-0.25, -0.2) is 0 Å². The molecule has 0 radical (unpaired) electrons. The van der Waals surface area contributed by atoms with Gasteiger partial charge >= 0.3 is 0 Å². The van der Waals surface area contributed by atoms with Crippen molar-refractivity contribution >= 4 is 0 Å². The number of aromatic amines is 1. The highest BCUT2D eigenvalue weighted by atomic mass is 15.1. The summed E-state index contributed by atoms with van der Waals surface area (Å²) in [5.41, 5.74) is 1.25. The molecule has 0 aromatic carbocycles. The molecule has 0 amide bonds. The molecule has 2 rings (SSSR count). The predicted molar refractivity (Wildman–Crippen MR) is 61.4 cm³/mol. The third kappa shape index (κ3) is 2.81. The number of aromatic nitrogens is 2. The van der Waals surface area contributed by atoms with Gasteiger partial charge in [-0.1, -0.05) is 13.8 Å². The van der Waals surface area contributed by atoms with E-state index in [0.717, 1.165) is 18.4 Å². The lowest BCUT2D eigenvalue weighted by atomic mass is 9.80. The topological polar surface area (TPSA) is 40.7 Å². The fourth-order valence-electron chi connectivity index (χ4n) is 2.59. The van der Waals surface area contributed by atoms with Gasteiger partial charge in [-0.2, -0.15) is 5.10 Å². The minimum atomic E-state index is 0.691. The summed E-state index contributed by atoms with van der Waals surface area (Å²) in [4.78, 5) is 0. The average molecular weight is 207 g/mol.